The summed E-state index contributed by atoms with van der Waals surface area (Å²) in [5.74, 6) is 0. The molecule has 0 unspecified atom stereocenters. The van der Waals surface area contributed by atoms with Crippen molar-refractivity contribution in [2.75, 3.05) is 11.9 Å². The van der Waals surface area contributed by atoms with Gasteiger partial charge in [0.15, 0.2) is 0 Å². The fourth-order valence-electron chi connectivity index (χ4n) is 2.29. The van der Waals surface area contributed by atoms with Crippen molar-refractivity contribution in [2.24, 2.45) is 0 Å². The minimum atomic E-state index is -0.354. The average molecular weight is 325 g/mol. The van der Waals surface area contributed by atoms with Crippen molar-refractivity contribution < 1.29 is 4.92 Å². The van der Waals surface area contributed by atoms with Crippen molar-refractivity contribution in [3.8, 4) is 0 Å². The molecule has 0 saturated heterocycles. The Labute approximate surface area is 121 Å². The molecule has 0 aliphatic heterocycles. The number of halogens is 1. The lowest BCUT2D eigenvalue weighted by Crippen LogP contribution is -2.06. The van der Waals surface area contributed by atoms with Gasteiger partial charge in [-0.1, -0.05) is 27.6 Å². The van der Waals surface area contributed by atoms with Crippen molar-refractivity contribution in [3.05, 3.63) is 44.4 Å². The van der Waals surface area contributed by atoms with Crippen LogP contribution in [0.3, 0.4) is 0 Å². The summed E-state index contributed by atoms with van der Waals surface area (Å²) in [6.45, 7) is 0.744. The number of hydrogen-bond donors (Lipinski definition) is 1. The van der Waals surface area contributed by atoms with Gasteiger partial charge < -0.3 is 5.32 Å². The van der Waals surface area contributed by atoms with Crippen LogP contribution in [0.25, 0.3) is 0 Å². The average Bonchev–Trinajstić information content (AvgIpc) is 2.41. The van der Waals surface area contributed by atoms with Crippen LogP contribution in [0.15, 0.2) is 34.3 Å². The first-order chi connectivity index (χ1) is 9.16. The van der Waals surface area contributed by atoms with E-state index < -0.39 is 0 Å². The number of hydrogen-bond acceptors (Lipinski definition) is 3. The van der Waals surface area contributed by atoms with E-state index in [0.717, 1.165) is 17.4 Å². The predicted octanol–water partition coefficient (Wildman–Crippen LogP) is 4.66. The third-order valence-electron chi connectivity index (χ3n) is 3.30. The third kappa shape index (κ3) is 4.06. The van der Waals surface area contributed by atoms with Gasteiger partial charge in [0, 0.05) is 17.1 Å². The van der Waals surface area contributed by atoms with E-state index in [2.05, 4.69) is 27.3 Å². The molecule has 0 fully saturated rings. The topological polar surface area (TPSA) is 55.2 Å². The molecule has 0 atom stereocenters. The van der Waals surface area contributed by atoms with Gasteiger partial charge >= 0.3 is 0 Å². The Morgan fingerprint density at radius 3 is 2.89 bits per heavy atom. The molecule has 19 heavy (non-hydrogen) atoms. The Morgan fingerprint density at radius 1 is 1.37 bits per heavy atom. The van der Waals surface area contributed by atoms with Crippen molar-refractivity contribution in [3.63, 3.8) is 0 Å². The maximum absolute atomic E-state index is 11.0. The molecule has 0 spiro atoms. The van der Waals surface area contributed by atoms with Crippen LogP contribution in [0.4, 0.5) is 11.4 Å². The van der Waals surface area contributed by atoms with Crippen LogP contribution < -0.4 is 5.32 Å². The molecule has 2 rings (SSSR count). The van der Waals surface area contributed by atoms with Gasteiger partial charge in [0.05, 0.1) is 4.92 Å². The Kier molecular flexibility index (Phi) is 4.96. The van der Waals surface area contributed by atoms with Gasteiger partial charge in [-0.2, -0.15) is 0 Å². The molecular formula is C14H17BrN2O2. The number of nitro benzene ring substituents is 1. The summed E-state index contributed by atoms with van der Waals surface area (Å²) in [7, 11) is 0. The number of benzene rings is 1. The molecule has 5 heteroatoms. The summed E-state index contributed by atoms with van der Waals surface area (Å²) >= 11 is 3.25. The normalized spacial score (nSPS) is 14.9. The third-order valence-corrected chi connectivity index (χ3v) is 3.80. The highest BCUT2D eigenvalue weighted by Crippen LogP contribution is 2.28. The highest BCUT2D eigenvalue weighted by molar-refractivity contribution is 9.10. The second kappa shape index (κ2) is 6.70. The molecular weight excluding hydrogens is 308 g/mol. The van der Waals surface area contributed by atoms with E-state index in [1.807, 2.05) is 6.07 Å². The first-order valence-corrected chi connectivity index (χ1v) is 7.32. The molecule has 0 amide bonds. The summed E-state index contributed by atoms with van der Waals surface area (Å²) in [6.07, 6.45) is 8.17. The number of nitrogens with zero attached hydrogens (tertiary/aromatic N) is 1. The van der Waals surface area contributed by atoms with Crippen molar-refractivity contribution in [1.82, 2.24) is 0 Å². The van der Waals surface area contributed by atoms with Gasteiger partial charge in [-0.15, -0.1) is 0 Å². The van der Waals surface area contributed by atoms with Crippen molar-refractivity contribution in [1.29, 1.82) is 0 Å². The number of allylic oxidation sites excluding steroid dienone is 1. The fourth-order valence-corrected chi connectivity index (χ4v) is 2.64. The van der Waals surface area contributed by atoms with Gasteiger partial charge in [0.2, 0.25) is 0 Å². The van der Waals surface area contributed by atoms with Crippen LogP contribution in [-0.2, 0) is 0 Å². The highest BCUT2D eigenvalue weighted by Gasteiger charge is 2.13. The summed E-state index contributed by atoms with van der Waals surface area (Å²) < 4.78 is 0.722. The van der Waals surface area contributed by atoms with Crippen molar-refractivity contribution in [2.45, 2.75) is 32.1 Å². The minimum Gasteiger partial charge on any atom is -0.379 e. The minimum absolute atomic E-state index is 0.118. The van der Waals surface area contributed by atoms with Crippen LogP contribution >= 0.6 is 15.9 Å². The Hall–Kier alpha value is -1.36. The van der Waals surface area contributed by atoms with E-state index in [1.165, 1.54) is 37.3 Å². The van der Waals surface area contributed by atoms with E-state index in [0.29, 0.717) is 5.69 Å². The number of rotatable bonds is 5. The number of anilines is 1. The Bertz CT molecular complexity index is 500. The smallest absolute Gasteiger partial charge is 0.293 e. The molecule has 0 heterocycles. The summed E-state index contributed by atoms with van der Waals surface area (Å²) in [4.78, 5) is 10.6. The first kappa shape index (κ1) is 14.1. The summed E-state index contributed by atoms with van der Waals surface area (Å²) in [5.41, 5.74) is 2.18. The van der Waals surface area contributed by atoms with Gasteiger partial charge in [0.1, 0.15) is 5.69 Å². The quantitative estimate of drug-likeness (QED) is 0.487. The van der Waals surface area contributed by atoms with Gasteiger partial charge in [-0.3, -0.25) is 10.1 Å². The molecule has 0 radical (unpaired) electrons. The molecule has 1 aromatic rings. The number of nitrogens with one attached hydrogen (secondary N) is 1. The standard InChI is InChI=1S/C14H17BrN2O2/c15-12-6-7-13(14(10-12)17(18)19)16-9-8-11-4-2-1-3-5-11/h4,6-7,10,16H,1-3,5,8-9H2. The molecule has 0 bridgehead atoms. The lowest BCUT2D eigenvalue weighted by Gasteiger charge is -2.13. The zero-order valence-corrected chi connectivity index (χ0v) is 12.3. The molecule has 1 N–H and O–H groups in total. The maximum Gasteiger partial charge on any atom is 0.293 e. The monoisotopic (exact) mass is 324 g/mol. The van der Waals surface area contributed by atoms with Crippen molar-refractivity contribution >= 4 is 27.3 Å². The van der Waals surface area contributed by atoms with Gasteiger partial charge in [-0.05, 0) is 44.2 Å². The van der Waals surface area contributed by atoms with Crippen LogP contribution in [-0.4, -0.2) is 11.5 Å². The first-order valence-electron chi connectivity index (χ1n) is 6.52. The summed E-state index contributed by atoms with van der Waals surface area (Å²) in [5, 5.41) is 14.1. The van der Waals surface area contributed by atoms with Crippen LogP contribution in [0.1, 0.15) is 32.1 Å². The van der Waals surface area contributed by atoms with E-state index in [4.69, 9.17) is 0 Å². The second-order valence-electron chi connectivity index (χ2n) is 4.70. The zero-order valence-electron chi connectivity index (χ0n) is 10.7. The SMILES string of the molecule is O=[N+]([O-])c1cc(Br)ccc1NCCC1=CCCCC1. The maximum atomic E-state index is 11.0. The van der Waals surface area contributed by atoms with Crippen LogP contribution in [0.2, 0.25) is 0 Å². The van der Waals surface area contributed by atoms with Gasteiger partial charge in [0.25, 0.3) is 5.69 Å². The lowest BCUT2D eigenvalue weighted by molar-refractivity contribution is -0.384. The largest absolute Gasteiger partial charge is 0.379 e. The lowest BCUT2D eigenvalue weighted by atomic mass is 9.97. The Balaban J connectivity index is 1.95. The molecule has 0 aromatic heterocycles. The van der Waals surface area contributed by atoms with Gasteiger partial charge in [-0.25, -0.2) is 0 Å². The summed E-state index contributed by atoms with van der Waals surface area (Å²) in [6, 6.07) is 5.09. The molecule has 4 nitrogen and oxygen atoms in total. The Morgan fingerprint density at radius 2 is 2.21 bits per heavy atom. The van der Waals surface area contributed by atoms with Crippen LogP contribution in [0, 0.1) is 10.1 Å². The van der Waals surface area contributed by atoms with Crippen LogP contribution in [0.5, 0.6) is 0 Å². The molecule has 1 aromatic carbocycles. The molecule has 102 valence electrons. The van der Waals surface area contributed by atoms with E-state index in [-0.39, 0.29) is 10.6 Å². The second-order valence-corrected chi connectivity index (χ2v) is 5.62. The predicted molar refractivity (Wildman–Crippen MR) is 80.5 cm³/mol. The fraction of sp³-hybridized carbons (Fsp3) is 0.429. The number of nitro groups is 1. The zero-order chi connectivity index (χ0) is 13.7. The van der Waals surface area contributed by atoms with E-state index in [9.17, 15) is 10.1 Å². The molecule has 0 saturated carbocycles. The van der Waals surface area contributed by atoms with E-state index >= 15 is 0 Å². The highest BCUT2D eigenvalue weighted by atomic mass is 79.9. The van der Waals surface area contributed by atoms with E-state index in [1.54, 1.807) is 6.07 Å². The molecule has 1 aliphatic carbocycles. The molecule has 1 aliphatic rings.